The normalized spacial score (nSPS) is 11.4. The molecule has 5 rings (SSSR count). The average Bonchev–Trinajstić information content (AvgIpc) is 3.57. The number of nitrogens with one attached hydrogen (secondary N) is 2. The summed E-state index contributed by atoms with van der Waals surface area (Å²) in [7, 11) is 0. The van der Waals surface area contributed by atoms with E-state index in [2.05, 4.69) is 29.5 Å². The van der Waals surface area contributed by atoms with Gasteiger partial charge < -0.3 is 14.2 Å². The van der Waals surface area contributed by atoms with Crippen LogP contribution >= 0.6 is 47.0 Å². The van der Waals surface area contributed by atoms with Gasteiger partial charge in [-0.05, 0) is 84.4 Å². The molecule has 5 aromatic rings. The summed E-state index contributed by atoms with van der Waals surface area (Å²) >= 11 is 24.1. The molecule has 3 aromatic carbocycles. The van der Waals surface area contributed by atoms with Crippen molar-refractivity contribution in [3.8, 4) is 22.8 Å². The molecule has 0 radical (unpaired) electrons. The average molecular weight is 611 g/mol. The number of carbonyl (C=O) groups is 1. The van der Waals surface area contributed by atoms with E-state index in [1.807, 2.05) is 18.2 Å². The van der Waals surface area contributed by atoms with Gasteiger partial charge >= 0.3 is 0 Å². The van der Waals surface area contributed by atoms with Gasteiger partial charge in [-0.15, -0.1) is 0 Å². The fourth-order valence-corrected chi connectivity index (χ4v) is 4.75. The lowest BCUT2D eigenvalue weighted by atomic mass is 10.0. The van der Waals surface area contributed by atoms with Crippen molar-refractivity contribution in [2.45, 2.75) is 19.8 Å². The molecule has 0 bridgehead atoms. The Balaban J connectivity index is 1.24. The summed E-state index contributed by atoms with van der Waals surface area (Å²) in [5.74, 6) is 1.31. The van der Waals surface area contributed by atoms with E-state index in [1.165, 1.54) is 17.7 Å². The van der Waals surface area contributed by atoms with E-state index >= 15 is 0 Å². The highest BCUT2D eigenvalue weighted by molar-refractivity contribution is 7.80. The number of anilines is 1. The number of fused-ring (bicyclic) bond motifs is 1. The summed E-state index contributed by atoms with van der Waals surface area (Å²) in [5.41, 5.74) is 4.45. The van der Waals surface area contributed by atoms with E-state index in [1.54, 1.807) is 48.5 Å². The second-order valence-electron chi connectivity index (χ2n) is 9.18. The first kappa shape index (κ1) is 27.9. The summed E-state index contributed by atoms with van der Waals surface area (Å²) < 4.78 is 11.7. The number of thiocarbonyl (C=S) groups is 1. The van der Waals surface area contributed by atoms with Crippen LogP contribution in [0.1, 0.15) is 31.1 Å². The van der Waals surface area contributed by atoms with Crippen molar-refractivity contribution in [2.75, 3.05) is 5.32 Å². The van der Waals surface area contributed by atoms with Gasteiger partial charge in [0, 0.05) is 17.3 Å². The Labute approximate surface area is 250 Å². The topological polar surface area (TPSA) is 80.3 Å². The highest BCUT2D eigenvalue weighted by atomic mass is 35.5. The van der Waals surface area contributed by atoms with Gasteiger partial charge in [0.05, 0.1) is 20.6 Å². The first-order valence-electron chi connectivity index (χ1n) is 12.2. The third kappa shape index (κ3) is 6.24. The maximum Gasteiger partial charge on any atom is 0.250 e. The molecule has 2 heterocycles. The van der Waals surface area contributed by atoms with Crippen LogP contribution in [0.15, 0.2) is 81.6 Å². The van der Waals surface area contributed by atoms with E-state index in [9.17, 15) is 4.79 Å². The van der Waals surface area contributed by atoms with Crippen LogP contribution in [0.5, 0.6) is 0 Å². The molecule has 0 spiro atoms. The molecule has 0 aliphatic carbocycles. The van der Waals surface area contributed by atoms with E-state index in [0.29, 0.717) is 60.8 Å². The van der Waals surface area contributed by atoms with Gasteiger partial charge in [-0.1, -0.05) is 60.8 Å². The zero-order chi connectivity index (χ0) is 28.4. The molecule has 10 heteroatoms. The van der Waals surface area contributed by atoms with Crippen LogP contribution in [-0.4, -0.2) is 16.0 Å². The van der Waals surface area contributed by atoms with Crippen LogP contribution in [0.4, 0.5) is 5.69 Å². The molecule has 2 aromatic heterocycles. The highest BCUT2D eigenvalue weighted by Crippen LogP contribution is 2.35. The van der Waals surface area contributed by atoms with Crippen molar-refractivity contribution in [1.82, 2.24) is 10.3 Å². The lowest BCUT2D eigenvalue weighted by Crippen LogP contribution is -2.32. The first-order valence-corrected chi connectivity index (χ1v) is 13.8. The number of hydrogen-bond acceptors (Lipinski definition) is 5. The van der Waals surface area contributed by atoms with Gasteiger partial charge in [-0.25, -0.2) is 4.98 Å². The predicted molar refractivity (Wildman–Crippen MR) is 166 cm³/mol. The van der Waals surface area contributed by atoms with Crippen molar-refractivity contribution < 1.29 is 13.6 Å². The quantitative estimate of drug-likeness (QED) is 0.147. The first-order chi connectivity index (χ1) is 19.2. The number of furan rings is 1. The van der Waals surface area contributed by atoms with Crippen molar-refractivity contribution in [2.24, 2.45) is 0 Å². The molecule has 0 saturated carbocycles. The number of carbonyl (C=O) groups excluding carboxylic acids is 1. The molecular weight excluding hydrogens is 589 g/mol. The highest BCUT2D eigenvalue weighted by Gasteiger charge is 2.15. The largest absolute Gasteiger partial charge is 0.457 e. The minimum Gasteiger partial charge on any atom is -0.457 e. The molecule has 0 fully saturated rings. The van der Waals surface area contributed by atoms with Crippen LogP contribution in [0.2, 0.25) is 15.1 Å². The Morgan fingerprint density at radius 2 is 1.77 bits per heavy atom. The van der Waals surface area contributed by atoms with Gasteiger partial charge in [0.15, 0.2) is 10.7 Å². The zero-order valence-electron chi connectivity index (χ0n) is 21.3. The third-order valence-electron chi connectivity index (χ3n) is 6.01. The summed E-state index contributed by atoms with van der Waals surface area (Å²) in [6.07, 6.45) is 2.84. The number of amides is 1. The summed E-state index contributed by atoms with van der Waals surface area (Å²) in [4.78, 5) is 17.1. The molecule has 0 atom stereocenters. The lowest BCUT2D eigenvalue weighted by Gasteiger charge is -2.09. The van der Waals surface area contributed by atoms with E-state index in [-0.39, 0.29) is 5.11 Å². The molecule has 0 aliphatic rings. The van der Waals surface area contributed by atoms with Crippen LogP contribution < -0.4 is 10.6 Å². The van der Waals surface area contributed by atoms with Crippen LogP contribution in [0.25, 0.3) is 40.0 Å². The van der Waals surface area contributed by atoms with Gasteiger partial charge in [0.2, 0.25) is 11.8 Å². The van der Waals surface area contributed by atoms with E-state index in [0.717, 1.165) is 5.52 Å². The summed E-state index contributed by atoms with van der Waals surface area (Å²) in [6.45, 7) is 4.24. The lowest BCUT2D eigenvalue weighted by molar-refractivity contribution is -0.115. The minimum absolute atomic E-state index is 0.105. The minimum atomic E-state index is -0.440. The van der Waals surface area contributed by atoms with Crippen LogP contribution in [0, 0.1) is 0 Å². The summed E-state index contributed by atoms with van der Waals surface area (Å²) in [5, 5.41) is 6.99. The number of oxazole rings is 1. The monoisotopic (exact) mass is 609 g/mol. The Kier molecular flexibility index (Phi) is 8.28. The molecule has 202 valence electrons. The third-order valence-corrected chi connectivity index (χ3v) is 7.37. The second kappa shape index (κ2) is 11.9. The number of hydrogen-bond donors (Lipinski definition) is 2. The zero-order valence-corrected chi connectivity index (χ0v) is 24.4. The maximum absolute atomic E-state index is 12.5. The molecule has 0 unspecified atom stereocenters. The fraction of sp³-hybridized carbons (Fsp3) is 0.100. The van der Waals surface area contributed by atoms with Gasteiger partial charge in [-0.2, -0.15) is 0 Å². The Morgan fingerprint density at radius 1 is 0.950 bits per heavy atom. The molecule has 0 aliphatic heterocycles. The van der Waals surface area contributed by atoms with Crippen molar-refractivity contribution >= 4 is 80.9 Å². The van der Waals surface area contributed by atoms with E-state index < -0.39 is 5.91 Å². The standard InChI is InChI=1S/C30H22Cl3N3O3S/c1-16(2)17-6-11-26-24(14-17)35-29(39-26)21-15-18(7-10-22(21)31)34-30(40)36-27(37)13-9-19-8-12-25(38-19)20-4-3-5-23(32)28(20)33/h3-16H,1-2H3,(H2,34,36,37,40). The molecular formula is C30H22Cl3N3O3S. The Hall–Kier alpha value is -3.62. The summed E-state index contributed by atoms with van der Waals surface area (Å²) in [6, 6.07) is 19.9. The number of rotatable bonds is 6. The number of nitrogens with zero attached hydrogens (tertiary/aromatic N) is 1. The fourth-order valence-electron chi connectivity index (χ4n) is 3.94. The van der Waals surface area contributed by atoms with Gasteiger partial charge in [0.25, 0.3) is 0 Å². The smallest absolute Gasteiger partial charge is 0.250 e. The molecule has 6 nitrogen and oxygen atoms in total. The molecule has 40 heavy (non-hydrogen) atoms. The van der Waals surface area contributed by atoms with Crippen LogP contribution in [-0.2, 0) is 4.79 Å². The molecule has 2 N–H and O–H groups in total. The number of halogens is 3. The molecule has 1 amide bonds. The number of benzene rings is 3. The van der Waals surface area contributed by atoms with Gasteiger partial charge in [0.1, 0.15) is 17.0 Å². The Bertz CT molecular complexity index is 1770. The van der Waals surface area contributed by atoms with E-state index in [4.69, 9.17) is 55.9 Å². The maximum atomic E-state index is 12.5. The van der Waals surface area contributed by atoms with Crippen molar-refractivity contribution in [3.63, 3.8) is 0 Å². The number of aromatic nitrogens is 1. The second-order valence-corrected chi connectivity index (χ2v) is 10.8. The molecule has 0 saturated heterocycles. The SMILES string of the molecule is CC(C)c1ccc2oc(-c3cc(NC(=S)NC(=O)C=Cc4ccc(-c5cccc(Cl)c5Cl)o4)ccc3Cl)nc2c1. The van der Waals surface area contributed by atoms with Crippen LogP contribution in [0.3, 0.4) is 0 Å². The Morgan fingerprint density at radius 3 is 2.58 bits per heavy atom. The van der Waals surface area contributed by atoms with Gasteiger partial charge in [-0.3, -0.25) is 10.1 Å². The predicted octanol–water partition coefficient (Wildman–Crippen LogP) is 9.36. The van der Waals surface area contributed by atoms with Crippen molar-refractivity contribution in [1.29, 1.82) is 0 Å². The van der Waals surface area contributed by atoms with Crippen molar-refractivity contribution in [3.05, 3.63) is 99.2 Å².